The molecule has 1 N–H and O–H groups in total. The van der Waals surface area contributed by atoms with Gasteiger partial charge in [-0.05, 0) is 23.1 Å². The summed E-state index contributed by atoms with van der Waals surface area (Å²) in [6, 6.07) is 2.07. The van der Waals surface area contributed by atoms with Crippen LogP contribution in [0.3, 0.4) is 0 Å². The number of rotatable bonds is 5. The van der Waals surface area contributed by atoms with E-state index in [2.05, 4.69) is 40.6 Å². The van der Waals surface area contributed by atoms with Gasteiger partial charge in [-0.2, -0.15) is 11.8 Å². The highest BCUT2D eigenvalue weighted by atomic mass is 32.2. The minimum atomic E-state index is 0.717. The molecule has 0 amide bonds. The Morgan fingerprint density at radius 1 is 1.41 bits per heavy atom. The van der Waals surface area contributed by atoms with Gasteiger partial charge in [0.1, 0.15) is 16.5 Å². The highest BCUT2D eigenvalue weighted by Crippen LogP contribution is 2.25. The predicted molar refractivity (Wildman–Crippen MR) is 78.0 cm³/mol. The van der Waals surface area contributed by atoms with Crippen molar-refractivity contribution in [2.75, 3.05) is 18.1 Å². The van der Waals surface area contributed by atoms with Crippen molar-refractivity contribution in [3.63, 3.8) is 0 Å². The number of nitrogens with zero attached hydrogens (tertiary/aromatic N) is 2. The highest BCUT2D eigenvalue weighted by Gasteiger charge is 2.07. The smallest absolute Gasteiger partial charge is 0.142 e. The molecule has 2 heterocycles. The third-order valence-electron chi connectivity index (χ3n) is 2.29. The number of anilines is 1. The number of thiophene rings is 1. The predicted octanol–water partition coefficient (Wildman–Crippen LogP) is 3.62. The van der Waals surface area contributed by atoms with Crippen molar-refractivity contribution in [3.8, 4) is 0 Å². The summed E-state index contributed by atoms with van der Waals surface area (Å²) in [6.07, 6.45) is 0. The molecule has 0 aromatic carbocycles. The van der Waals surface area contributed by atoms with Crippen molar-refractivity contribution < 1.29 is 0 Å². The highest BCUT2D eigenvalue weighted by molar-refractivity contribution is 7.98. The number of hydrogen-bond donors (Lipinski definition) is 1. The van der Waals surface area contributed by atoms with Crippen LogP contribution in [0.1, 0.15) is 19.7 Å². The quantitative estimate of drug-likeness (QED) is 0.898. The SMILES string of the molecule is CNc1nc(CSCC(C)C)nc2sccc12. The molecule has 0 spiro atoms. The monoisotopic (exact) mass is 267 g/mol. The summed E-state index contributed by atoms with van der Waals surface area (Å²) < 4.78 is 0. The molecule has 0 aliphatic heterocycles. The van der Waals surface area contributed by atoms with E-state index < -0.39 is 0 Å². The van der Waals surface area contributed by atoms with Gasteiger partial charge in [0.25, 0.3) is 0 Å². The molecular formula is C12H17N3S2. The van der Waals surface area contributed by atoms with E-state index in [4.69, 9.17) is 0 Å². The Hall–Kier alpha value is -0.810. The van der Waals surface area contributed by atoms with Crippen LogP contribution in [-0.2, 0) is 5.75 Å². The molecule has 2 aromatic rings. The summed E-state index contributed by atoms with van der Waals surface area (Å²) in [4.78, 5) is 10.2. The largest absolute Gasteiger partial charge is 0.372 e. The summed E-state index contributed by atoms with van der Waals surface area (Å²) in [7, 11) is 1.91. The Morgan fingerprint density at radius 3 is 2.94 bits per heavy atom. The van der Waals surface area contributed by atoms with Crippen molar-refractivity contribution in [2.45, 2.75) is 19.6 Å². The van der Waals surface area contributed by atoms with E-state index in [1.807, 2.05) is 18.8 Å². The second-order valence-electron chi connectivity index (χ2n) is 4.29. The molecule has 0 unspecified atom stereocenters. The Balaban J connectivity index is 2.17. The van der Waals surface area contributed by atoms with Crippen LogP contribution < -0.4 is 5.32 Å². The van der Waals surface area contributed by atoms with Gasteiger partial charge in [0.2, 0.25) is 0 Å². The molecule has 5 heteroatoms. The number of hydrogen-bond acceptors (Lipinski definition) is 5. The molecule has 92 valence electrons. The van der Waals surface area contributed by atoms with Crippen molar-refractivity contribution in [1.82, 2.24) is 9.97 Å². The normalized spacial score (nSPS) is 11.3. The summed E-state index contributed by atoms with van der Waals surface area (Å²) >= 11 is 3.57. The maximum atomic E-state index is 4.59. The lowest BCUT2D eigenvalue weighted by Gasteiger charge is -2.06. The first kappa shape index (κ1) is 12.6. The molecule has 17 heavy (non-hydrogen) atoms. The van der Waals surface area contributed by atoms with Gasteiger partial charge in [-0.3, -0.25) is 0 Å². The zero-order valence-corrected chi connectivity index (χ0v) is 12.0. The van der Waals surface area contributed by atoms with E-state index in [0.29, 0.717) is 5.92 Å². The lowest BCUT2D eigenvalue weighted by atomic mass is 10.3. The van der Waals surface area contributed by atoms with E-state index in [1.165, 1.54) is 0 Å². The first-order valence-corrected chi connectivity index (χ1v) is 7.73. The van der Waals surface area contributed by atoms with Gasteiger partial charge < -0.3 is 5.32 Å². The molecule has 0 radical (unpaired) electrons. The average Bonchev–Trinajstić information content (AvgIpc) is 2.75. The lowest BCUT2D eigenvalue weighted by molar-refractivity contribution is 0.750. The number of nitrogens with one attached hydrogen (secondary N) is 1. The van der Waals surface area contributed by atoms with E-state index >= 15 is 0 Å². The van der Waals surface area contributed by atoms with Crippen LogP contribution in [0.15, 0.2) is 11.4 Å². The van der Waals surface area contributed by atoms with E-state index in [0.717, 1.165) is 33.4 Å². The van der Waals surface area contributed by atoms with Crippen LogP contribution in [0.2, 0.25) is 0 Å². The Labute approximate surface area is 110 Å². The Bertz CT molecular complexity index is 493. The third kappa shape index (κ3) is 3.10. The first-order chi connectivity index (χ1) is 8.20. The van der Waals surface area contributed by atoms with Gasteiger partial charge in [0.15, 0.2) is 0 Å². The molecule has 0 bridgehead atoms. The molecule has 0 aliphatic rings. The van der Waals surface area contributed by atoms with Gasteiger partial charge in [0, 0.05) is 7.05 Å². The second kappa shape index (κ2) is 5.69. The Morgan fingerprint density at radius 2 is 2.24 bits per heavy atom. The summed E-state index contributed by atoms with van der Waals surface area (Å²) in [5.74, 6) is 4.63. The molecule has 0 fully saturated rings. The molecular weight excluding hydrogens is 250 g/mol. The van der Waals surface area contributed by atoms with Crippen LogP contribution in [-0.4, -0.2) is 22.8 Å². The molecule has 0 saturated carbocycles. The third-order valence-corrected chi connectivity index (χ3v) is 4.46. The fraction of sp³-hybridized carbons (Fsp3) is 0.500. The van der Waals surface area contributed by atoms with E-state index in [-0.39, 0.29) is 0 Å². The topological polar surface area (TPSA) is 37.8 Å². The standard InChI is InChI=1S/C12H17N3S2/c1-8(2)6-16-7-10-14-11(13-3)9-4-5-17-12(9)15-10/h4-5,8H,6-7H2,1-3H3,(H,13,14,15). The number of thioether (sulfide) groups is 1. The Kier molecular flexibility index (Phi) is 4.23. The van der Waals surface area contributed by atoms with Gasteiger partial charge in [-0.15, -0.1) is 11.3 Å². The number of aromatic nitrogens is 2. The van der Waals surface area contributed by atoms with E-state index in [1.54, 1.807) is 11.3 Å². The van der Waals surface area contributed by atoms with Crippen molar-refractivity contribution in [2.24, 2.45) is 5.92 Å². The van der Waals surface area contributed by atoms with Crippen LogP contribution in [0.5, 0.6) is 0 Å². The fourth-order valence-corrected chi connectivity index (χ4v) is 3.22. The van der Waals surface area contributed by atoms with Crippen molar-refractivity contribution in [3.05, 3.63) is 17.3 Å². The minimum absolute atomic E-state index is 0.717. The average molecular weight is 267 g/mol. The second-order valence-corrected chi connectivity index (χ2v) is 6.21. The van der Waals surface area contributed by atoms with Crippen LogP contribution >= 0.6 is 23.1 Å². The lowest BCUT2D eigenvalue weighted by Crippen LogP contribution is -2.00. The van der Waals surface area contributed by atoms with Gasteiger partial charge in [-0.1, -0.05) is 13.8 Å². The zero-order valence-electron chi connectivity index (χ0n) is 10.4. The molecule has 2 rings (SSSR count). The molecule has 0 aliphatic carbocycles. The fourth-order valence-electron chi connectivity index (χ4n) is 1.54. The van der Waals surface area contributed by atoms with Crippen LogP contribution in [0.25, 0.3) is 10.2 Å². The zero-order chi connectivity index (χ0) is 12.3. The van der Waals surface area contributed by atoms with E-state index in [9.17, 15) is 0 Å². The molecule has 0 saturated heterocycles. The molecule has 0 atom stereocenters. The van der Waals surface area contributed by atoms with Crippen LogP contribution in [0.4, 0.5) is 5.82 Å². The van der Waals surface area contributed by atoms with Gasteiger partial charge in [0.05, 0.1) is 11.1 Å². The van der Waals surface area contributed by atoms with Gasteiger partial charge >= 0.3 is 0 Å². The summed E-state index contributed by atoms with van der Waals surface area (Å²) in [6.45, 7) is 4.46. The molecule has 2 aromatic heterocycles. The van der Waals surface area contributed by atoms with Crippen molar-refractivity contribution >= 4 is 39.1 Å². The summed E-state index contributed by atoms with van der Waals surface area (Å²) in [5, 5.41) is 6.32. The maximum Gasteiger partial charge on any atom is 0.142 e. The summed E-state index contributed by atoms with van der Waals surface area (Å²) in [5.41, 5.74) is 0. The van der Waals surface area contributed by atoms with Crippen molar-refractivity contribution in [1.29, 1.82) is 0 Å². The minimum Gasteiger partial charge on any atom is -0.372 e. The molecule has 3 nitrogen and oxygen atoms in total. The maximum absolute atomic E-state index is 4.59. The van der Waals surface area contributed by atoms with Crippen LogP contribution in [0, 0.1) is 5.92 Å². The van der Waals surface area contributed by atoms with Gasteiger partial charge in [-0.25, -0.2) is 9.97 Å². The number of fused-ring (bicyclic) bond motifs is 1. The first-order valence-electron chi connectivity index (χ1n) is 5.70.